The fourth-order valence-corrected chi connectivity index (χ4v) is 5.12. The van der Waals surface area contributed by atoms with Gasteiger partial charge in [0.05, 0.1) is 5.69 Å². The smallest absolute Gasteiger partial charge is 0.273 e. The highest BCUT2D eigenvalue weighted by Gasteiger charge is 2.23. The van der Waals surface area contributed by atoms with E-state index in [1.165, 1.54) is 28.3 Å². The first-order valence-corrected chi connectivity index (χ1v) is 12.2. The summed E-state index contributed by atoms with van der Waals surface area (Å²) in [7, 11) is 1.92. The lowest BCUT2D eigenvalue weighted by Gasteiger charge is -2.36. The summed E-state index contributed by atoms with van der Waals surface area (Å²) in [6, 6.07) is 16.7. The van der Waals surface area contributed by atoms with Gasteiger partial charge in [-0.3, -0.25) is 14.2 Å². The first-order chi connectivity index (χ1) is 17.0. The number of benzene rings is 2. The number of hydrogen-bond acceptors (Lipinski definition) is 7. The molecule has 1 fully saturated rings. The number of carbonyl (C=O) groups is 1. The van der Waals surface area contributed by atoms with E-state index in [2.05, 4.69) is 9.97 Å². The number of hydrogen-bond donors (Lipinski definition) is 0. The van der Waals surface area contributed by atoms with Crippen LogP contribution >= 0.6 is 11.3 Å². The van der Waals surface area contributed by atoms with E-state index in [-0.39, 0.29) is 23.8 Å². The second-order valence-electron chi connectivity index (χ2n) is 8.49. The lowest BCUT2D eigenvalue weighted by molar-refractivity contribution is -0.132. The van der Waals surface area contributed by atoms with Crippen LogP contribution in [0, 0.1) is 5.82 Å². The lowest BCUT2D eigenvalue weighted by atomic mass is 10.2. The molecule has 5 rings (SSSR count). The number of halogens is 1. The lowest BCUT2D eigenvalue weighted by Crippen LogP contribution is -2.50. The molecule has 1 saturated heterocycles. The molecule has 0 N–H and O–H groups in total. The number of nitrogens with zero attached hydrogens (tertiary/aromatic N) is 6. The van der Waals surface area contributed by atoms with Gasteiger partial charge in [-0.2, -0.15) is 4.98 Å². The Morgan fingerprint density at radius 1 is 1.06 bits per heavy atom. The average Bonchev–Trinajstić information content (AvgIpc) is 3.32. The summed E-state index contributed by atoms with van der Waals surface area (Å²) in [5.41, 5.74) is 1.80. The molecule has 0 radical (unpaired) electrons. The number of anilines is 2. The van der Waals surface area contributed by atoms with Crippen molar-refractivity contribution in [1.82, 2.24) is 19.4 Å². The maximum Gasteiger partial charge on any atom is 0.273 e. The van der Waals surface area contributed by atoms with Gasteiger partial charge < -0.3 is 14.7 Å². The number of amides is 1. The van der Waals surface area contributed by atoms with Gasteiger partial charge in [-0.05, 0) is 17.7 Å². The molecule has 0 unspecified atom stereocenters. The number of rotatable bonds is 6. The Kier molecular flexibility index (Phi) is 6.45. The van der Waals surface area contributed by atoms with Gasteiger partial charge in [-0.1, -0.05) is 53.8 Å². The van der Waals surface area contributed by atoms with E-state index in [9.17, 15) is 14.0 Å². The van der Waals surface area contributed by atoms with Crippen molar-refractivity contribution in [2.75, 3.05) is 43.0 Å². The summed E-state index contributed by atoms with van der Waals surface area (Å²) in [6.07, 6.45) is 1.39. The van der Waals surface area contributed by atoms with Gasteiger partial charge >= 0.3 is 0 Å². The van der Waals surface area contributed by atoms with Crippen molar-refractivity contribution in [3.63, 3.8) is 0 Å². The van der Waals surface area contributed by atoms with Crippen molar-refractivity contribution in [1.29, 1.82) is 0 Å². The molecule has 1 amide bonds. The number of aromatic nitrogens is 3. The summed E-state index contributed by atoms with van der Waals surface area (Å²) >= 11 is 1.28. The molecule has 0 spiro atoms. The van der Waals surface area contributed by atoms with Crippen molar-refractivity contribution >= 4 is 38.4 Å². The number of fused-ring (bicyclic) bond motifs is 1. The summed E-state index contributed by atoms with van der Waals surface area (Å²) in [6.45, 7) is 2.57. The van der Waals surface area contributed by atoms with Crippen LogP contribution in [0.25, 0.3) is 10.3 Å². The molecular formula is C25H25FN6O2S. The molecule has 0 saturated carbocycles. The number of piperazine rings is 1. The van der Waals surface area contributed by atoms with Gasteiger partial charge in [0.25, 0.3) is 5.56 Å². The molecule has 0 aliphatic carbocycles. The van der Waals surface area contributed by atoms with Gasteiger partial charge in [0.2, 0.25) is 5.91 Å². The maximum absolute atomic E-state index is 14.1. The minimum atomic E-state index is -0.273. The van der Waals surface area contributed by atoms with Crippen molar-refractivity contribution in [3.05, 3.63) is 82.7 Å². The van der Waals surface area contributed by atoms with Crippen LogP contribution in [0.4, 0.5) is 15.2 Å². The van der Waals surface area contributed by atoms with Crippen molar-refractivity contribution in [3.8, 4) is 0 Å². The van der Waals surface area contributed by atoms with Crippen LogP contribution in [0.2, 0.25) is 0 Å². The summed E-state index contributed by atoms with van der Waals surface area (Å²) < 4.78 is 15.8. The molecule has 2 aromatic carbocycles. The van der Waals surface area contributed by atoms with Gasteiger partial charge in [0, 0.05) is 39.8 Å². The maximum atomic E-state index is 14.1. The number of thiazole rings is 1. The molecule has 35 heavy (non-hydrogen) atoms. The highest BCUT2D eigenvalue weighted by molar-refractivity contribution is 7.22. The Hall–Kier alpha value is -3.79. The number of carbonyl (C=O) groups excluding carboxylic acids is 1. The molecule has 180 valence electrons. The predicted molar refractivity (Wildman–Crippen MR) is 135 cm³/mol. The Bertz CT molecular complexity index is 1400. The minimum absolute atomic E-state index is 0.0887. The van der Waals surface area contributed by atoms with Crippen molar-refractivity contribution in [2.24, 2.45) is 0 Å². The van der Waals surface area contributed by atoms with E-state index in [4.69, 9.17) is 0 Å². The molecular weight excluding hydrogens is 467 g/mol. The number of para-hydroxylation sites is 1. The summed E-state index contributed by atoms with van der Waals surface area (Å²) in [5.74, 6) is -0.427. The van der Waals surface area contributed by atoms with Crippen molar-refractivity contribution < 1.29 is 9.18 Å². The van der Waals surface area contributed by atoms with Crippen LogP contribution in [-0.4, -0.2) is 58.6 Å². The molecule has 2 aromatic heterocycles. The third-order valence-electron chi connectivity index (χ3n) is 6.09. The fraction of sp³-hybridized carbons (Fsp3) is 0.280. The van der Waals surface area contributed by atoms with Gasteiger partial charge in [-0.15, -0.1) is 0 Å². The van der Waals surface area contributed by atoms with E-state index >= 15 is 0 Å². The van der Waals surface area contributed by atoms with Crippen LogP contribution in [0.3, 0.4) is 0 Å². The molecule has 8 nitrogen and oxygen atoms in total. The average molecular weight is 493 g/mol. The third kappa shape index (κ3) is 4.88. The molecule has 1 aliphatic rings. The monoisotopic (exact) mass is 492 g/mol. The van der Waals surface area contributed by atoms with E-state index < -0.39 is 0 Å². The Balaban J connectivity index is 1.25. The SMILES string of the molecule is CN(Cc1ccccc1)c1nc2ncn(CC(=O)N3CCN(c4ccccc4F)CC3)c(=O)c2s1. The van der Waals surface area contributed by atoms with Crippen LogP contribution < -0.4 is 15.4 Å². The largest absolute Gasteiger partial charge is 0.366 e. The van der Waals surface area contributed by atoms with Gasteiger partial charge in [-0.25, -0.2) is 9.37 Å². The first kappa shape index (κ1) is 23.0. The Labute approximate surface area is 205 Å². The quantitative estimate of drug-likeness (QED) is 0.412. The van der Waals surface area contributed by atoms with Crippen LogP contribution in [0.5, 0.6) is 0 Å². The van der Waals surface area contributed by atoms with Crippen LogP contribution in [0.15, 0.2) is 65.7 Å². The van der Waals surface area contributed by atoms with E-state index in [1.807, 2.05) is 47.2 Å². The second kappa shape index (κ2) is 9.83. The third-order valence-corrected chi connectivity index (χ3v) is 7.24. The zero-order chi connectivity index (χ0) is 24.4. The normalized spacial score (nSPS) is 13.9. The first-order valence-electron chi connectivity index (χ1n) is 11.4. The molecule has 0 atom stereocenters. The van der Waals surface area contributed by atoms with Crippen LogP contribution in [-0.2, 0) is 17.9 Å². The predicted octanol–water partition coefficient (Wildman–Crippen LogP) is 2.98. The van der Waals surface area contributed by atoms with E-state index in [0.717, 1.165) is 5.56 Å². The topological polar surface area (TPSA) is 74.6 Å². The fourth-order valence-electron chi connectivity index (χ4n) is 4.19. The van der Waals surface area contributed by atoms with E-state index in [0.29, 0.717) is 53.9 Å². The summed E-state index contributed by atoms with van der Waals surface area (Å²) in [5, 5.41) is 0.696. The Morgan fingerprint density at radius 3 is 2.51 bits per heavy atom. The minimum Gasteiger partial charge on any atom is -0.366 e. The van der Waals surface area contributed by atoms with Crippen molar-refractivity contribution in [2.45, 2.75) is 13.1 Å². The molecule has 10 heteroatoms. The molecule has 0 bridgehead atoms. The summed E-state index contributed by atoms with van der Waals surface area (Å²) in [4.78, 5) is 40.4. The highest BCUT2D eigenvalue weighted by atomic mass is 32.1. The van der Waals surface area contributed by atoms with Crippen LogP contribution in [0.1, 0.15) is 5.56 Å². The molecule has 4 aromatic rings. The van der Waals surface area contributed by atoms with Gasteiger partial charge in [0.15, 0.2) is 10.8 Å². The highest BCUT2D eigenvalue weighted by Crippen LogP contribution is 2.25. The van der Waals surface area contributed by atoms with Gasteiger partial charge in [0.1, 0.15) is 23.4 Å². The Morgan fingerprint density at radius 2 is 1.77 bits per heavy atom. The second-order valence-corrected chi connectivity index (χ2v) is 9.47. The zero-order valence-electron chi connectivity index (χ0n) is 19.3. The standard InChI is InChI=1S/C25H25FN6O2S/c1-29(15-18-7-3-2-4-8-18)25-28-23-22(35-25)24(34)32(17-27-23)16-21(33)31-13-11-30(12-14-31)20-10-6-5-9-19(20)26/h2-10,17H,11-16H2,1H3. The zero-order valence-corrected chi connectivity index (χ0v) is 20.1. The van der Waals surface area contributed by atoms with E-state index in [1.54, 1.807) is 23.1 Å². The molecule has 1 aliphatic heterocycles. The molecule has 3 heterocycles.